The zero-order valence-corrected chi connectivity index (χ0v) is 16.7. The summed E-state index contributed by atoms with van der Waals surface area (Å²) in [5, 5.41) is 9.82. The Morgan fingerprint density at radius 3 is 2.46 bits per heavy atom. The zero-order valence-electron chi connectivity index (χ0n) is 15.1. The van der Waals surface area contributed by atoms with E-state index in [2.05, 4.69) is 22.0 Å². The fraction of sp³-hybridized carbons (Fsp3) is 0.409. The predicted octanol–water partition coefficient (Wildman–Crippen LogP) is 6.05. The molecule has 26 heavy (non-hydrogen) atoms. The van der Waals surface area contributed by atoms with Crippen molar-refractivity contribution in [2.75, 3.05) is 7.11 Å². The van der Waals surface area contributed by atoms with Gasteiger partial charge < -0.3 is 9.47 Å². The highest BCUT2D eigenvalue weighted by Crippen LogP contribution is 2.42. The van der Waals surface area contributed by atoms with Crippen LogP contribution in [-0.2, 0) is 13.0 Å². The van der Waals surface area contributed by atoms with Crippen molar-refractivity contribution in [3.8, 4) is 17.6 Å². The van der Waals surface area contributed by atoms with Gasteiger partial charge >= 0.3 is 0 Å². The van der Waals surface area contributed by atoms with Gasteiger partial charge in [-0.25, -0.2) is 0 Å². The Morgan fingerprint density at radius 1 is 1.08 bits per heavy atom. The van der Waals surface area contributed by atoms with E-state index in [1.807, 2.05) is 42.5 Å². The van der Waals surface area contributed by atoms with E-state index in [0.29, 0.717) is 6.61 Å². The highest BCUT2D eigenvalue weighted by atomic mass is 79.9. The number of hydrogen-bond acceptors (Lipinski definition) is 3. The molecule has 0 saturated heterocycles. The molecule has 0 aromatic heterocycles. The SMILES string of the molecule is COc1ccc(COc2cccc(Br)c2CC2(C#N)CCCCC2)cc1. The van der Waals surface area contributed by atoms with Crippen molar-refractivity contribution in [3.63, 3.8) is 0 Å². The second-order valence-corrected chi connectivity index (χ2v) is 7.84. The number of hydrogen-bond donors (Lipinski definition) is 0. The molecule has 2 aromatic carbocycles. The van der Waals surface area contributed by atoms with Gasteiger partial charge in [0.2, 0.25) is 0 Å². The standard InChI is InChI=1S/C22H24BrNO2/c1-25-18-10-8-17(9-11-18)15-26-21-7-5-6-20(23)19(21)14-22(16-24)12-3-2-4-13-22/h5-11H,2-4,12-15H2,1H3. The Balaban J connectivity index is 1.77. The van der Waals surface area contributed by atoms with Gasteiger partial charge in [0.05, 0.1) is 18.6 Å². The average Bonchev–Trinajstić information content (AvgIpc) is 2.69. The first-order valence-corrected chi connectivity index (χ1v) is 9.89. The van der Waals surface area contributed by atoms with Crippen LogP contribution in [0.5, 0.6) is 11.5 Å². The second-order valence-electron chi connectivity index (χ2n) is 6.98. The first kappa shape index (κ1) is 18.8. The van der Waals surface area contributed by atoms with Crippen LogP contribution in [0.15, 0.2) is 46.9 Å². The van der Waals surface area contributed by atoms with E-state index in [-0.39, 0.29) is 5.41 Å². The molecule has 0 atom stereocenters. The van der Waals surface area contributed by atoms with Gasteiger partial charge in [0.15, 0.2) is 0 Å². The van der Waals surface area contributed by atoms with E-state index >= 15 is 0 Å². The van der Waals surface area contributed by atoms with Crippen LogP contribution >= 0.6 is 15.9 Å². The molecule has 0 spiro atoms. The van der Waals surface area contributed by atoms with Crippen molar-refractivity contribution in [2.24, 2.45) is 5.41 Å². The van der Waals surface area contributed by atoms with E-state index in [1.54, 1.807) is 7.11 Å². The van der Waals surface area contributed by atoms with Gasteiger partial charge in [-0.15, -0.1) is 0 Å². The molecule has 3 rings (SSSR count). The molecular weight excluding hydrogens is 390 g/mol. The minimum absolute atomic E-state index is 0.264. The summed E-state index contributed by atoms with van der Waals surface area (Å²) in [4.78, 5) is 0. The monoisotopic (exact) mass is 413 g/mol. The molecule has 0 amide bonds. The normalized spacial score (nSPS) is 15.9. The fourth-order valence-electron chi connectivity index (χ4n) is 3.62. The molecule has 0 N–H and O–H groups in total. The van der Waals surface area contributed by atoms with E-state index < -0.39 is 0 Å². The largest absolute Gasteiger partial charge is 0.497 e. The summed E-state index contributed by atoms with van der Waals surface area (Å²) >= 11 is 3.67. The third-order valence-corrected chi connectivity index (χ3v) is 5.94. The number of rotatable bonds is 6. The van der Waals surface area contributed by atoms with Crippen LogP contribution in [0.25, 0.3) is 0 Å². The maximum atomic E-state index is 9.82. The third kappa shape index (κ3) is 4.40. The van der Waals surface area contributed by atoms with Crippen molar-refractivity contribution in [2.45, 2.75) is 45.1 Å². The quantitative estimate of drug-likeness (QED) is 0.578. The number of ether oxygens (including phenoxy) is 2. The topological polar surface area (TPSA) is 42.2 Å². The Bertz CT molecular complexity index is 774. The van der Waals surface area contributed by atoms with Gasteiger partial charge in [-0.3, -0.25) is 0 Å². The van der Waals surface area contributed by atoms with Crippen LogP contribution in [0.3, 0.4) is 0 Å². The maximum Gasteiger partial charge on any atom is 0.124 e. The predicted molar refractivity (Wildman–Crippen MR) is 106 cm³/mol. The van der Waals surface area contributed by atoms with Crippen LogP contribution in [0.1, 0.15) is 43.2 Å². The Labute approximate surface area is 164 Å². The van der Waals surface area contributed by atoms with Crippen LogP contribution in [0, 0.1) is 16.7 Å². The zero-order chi connectivity index (χ0) is 18.4. The molecule has 3 nitrogen and oxygen atoms in total. The van der Waals surface area contributed by atoms with E-state index in [9.17, 15) is 5.26 Å². The van der Waals surface area contributed by atoms with Crippen molar-refractivity contribution in [3.05, 3.63) is 58.1 Å². The molecule has 1 aliphatic rings. The molecule has 136 valence electrons. The highest BCUT2D eigenvalue weighted by molar-refractivity contribution is 9.10. The Morgan fingerprint density at radius 2 is 1.81 bits per heavy atom. The number of benzene rings is 2. The van der Waals surface area contributed by atoms with Gasteiger partial charge in [-0.1, -0.05) is 53.4 Å². The third-order valence-electron chi connectivity index (χ3n) is 5.19. The van der Waals surface area contributed by atoms with Crippen molar-refractivity contribution in [1.29, 1.82) is 5.26 Å². The Kier molecular flexibility index (Phi) is 6.21. The van der Waals surface area contributed by atoms with Crippen LogP contribution in [-0.4, -0.2) is 7.11 Å². The number of nitrogens with zero attached hydrogens (tertiary/aromatic N) is 1. The van der Waals surface area contributed by atoms with Crippen LogP contribution in [0.4, 0.5) is 0 Å². The minimum Gasteiger partial charge on any atom is -0.497 e. The second kappa shape index (κ2) is 8.60. The molecule has 0 unspecified atom stereocenters. The molecule has 1 saturated carbocycles. The summed E-state index contributed by atoms with van der Waals surface area (Å²) in [7, 11) is 1.66. The van der Waals surface area contributed by atoms with Gasteiger partial charge in [-0.05, 0) is 49.1 Å². The average molecular weight is 414 g/mol. The van der Waals surface area contributed by atoms with Crippen molar-refractivity contribution < 1.29 is 9.47 Å². The summed E-state index contributed by atoms with van der Waals surface area (Å²) in [5.41, 5.74) is 1.93. The summed E-state index contributed by atoms with van der Waals surface area (Å²) in [6.45, 7) is 0.493. The molecule has 0 bridgehead atoms. The molecule has 1 fully saturated rings. The number of halogens is 1. The lowest BCUT2D eigenvalue weighted by Crippen LogP contribution is -2.25. The summed E-state index contributed by atoms with van der Waals surface area (Å²) in [6.07, 6.45) is 6.20. The summed E-state index contributed by atoms with van der Waals surface area (Å²) < 4.78 is 12.3. The first-order valence-electron chi connectivity index (χ1n) is 9.10. The fourth-order valence-corrected chi connectivity index (χ4v) is 4.11. The molecule has 4 heteroatoms. The van der Waals surface area contributed by atoms with Crippen molar-refractivity contribution in [1.82, 2.24) is 0 Å². The first-order chi connectivity index (χ1) is 12.7. The minimum atomic E-state index is -0.264. The smallest absolute Gasteiger partial charge is 0.124 e. The van der Waals surface area contributed by atoms with Gasteiger partial charge in [-0.2, -0.15) is 5.26 Å². The van der Waals surface area contributed by atoms with Gasteiger partial charge in [0, 0.05) is 10.0 Å². The lowest BCUT2D eigenvalue weighted by molar-refractivity contribution is 0.255. The van der Waals surface area contributed by atoms with Crippen LogP contribution < -0.4 is 9.47 Å². The number of methoxy groups -OCH3 is 1. The lowest BCUT2D eigenvalue weighted by atomic mass is 9.71. The molecule has 0 radical (unpaired) electrons. The Hall–Kier alpha value is -1.99. The summed E-state index contributed by atoms with van der Waals surface area (Å²) in [5.74, 6) is 1.69. The van der Waals surface area contributed by atoms with E-state index in [0.717, 1.165) is 59.2 Å². The molecule has 2 aromatic rings. The molecular formula is C22H24BrNO2. The highest BCUT2D eigenvalue weighted by Gasteiger charge is 2.33. The van der Waals surface area contributed by atoms with Crippen molar-refractivity contribution >= 4 is 15.9 Å². The summed E-state index contributed by atoms with van der Waals surface area (Å²) in [6, 6.07) is 16.5. The van der Waals surface area contributed by atoms with Crippen LogP contribution in [0.2, 0.25) is 0 Å². The molecule has 1 aliphatic carbocycles. The van der Waals surface area contributed by atoms with E-state index in [4.69, 9.17) is 9.47 Å². The number of nitriles is 1. The maximum absolute atomic E-state index is 9.82. The van der Waals surface area contributed by atoms with Gasteiger partial charge in [0.1, 0.15) is 18.1 Å². The lowest BCUT2D eigenvalue weighted by Gasteiger charge is -2.31. The molecule has 0 aliphatic heterocycles. The van der Waals surface area contributed by atoms with Gasteiger partial charge in [0.25, 0.3) is 0 Å². The van der Waals surface area contributed by atoms with E-state index in [1.165, 1.54) is 6.42 Å². The molecule has 0 heterocycles.